The van der Waals surface area contributed by atoms with Gasteiger partial charge in [0.1, 0.15) is 5.69 Å². The van der Waals surface area contributed by atoms with E-state index in [0.29, 0.717) is 0 Å². The van der Waals surface area contributed by atoms with Gasteiger partial charge in [0.05, 0.1) is 11.7 Å². The predicted molar refractivity (Wildman–Crippen MR) is 129 cm³/mol. The van der Waals surface area contributed by atoms with Gasteiger partial charge < -0.3 is 4.98 Å². The largest absolute Gasteiger partial charge is 0.351 e. The van der Waals surface area contributed by atoms with Crippen LogP contribution in [0.2, 0.25) is 0 Å². The third kappa shape index (κ3) is 2.73. The van der Waals surface area contributed by atoms with E-state index in [9.17, 15) is 0 Å². The number of aromatic nitrogens is 3. The maximum absolute atomic E-state index is 3.67. The molecule has 3 aromatic heterocycles. The molecule has 0 aliphatic heterocycles. The van der Waals surface area contributed by atoms with Crippen LogP contribution in [0, 0.1) is 0 Å². The van der Waals surface area contributed by atoms with Crippen molar-refractivity contribution in [1.29, 1.82) is 0 Å². The Morgan fingerprint density at radius 2 is 1.60 bits per heavy atom. The van der Waals surface area contributed by atoms with E-state index in [-0.39, 0.29) is 0 Å². The number of rotatable bonds is 2. The summed E-state index contributed by atoms with van der Waals surface area (Å²) >= 11 is 7.19. The highest BCUT2D eigenvalue weighted by Crippen LogP contribution is 2.34. The number of pyridine rings is 1. The lowest BCUT2D eigenvalue weighted by atomic mass is 10.1. The molecule has 1 N–H and O–H groups in total. The van der Waals surface area contributed by atoms with E-state index >= 15 is 0 Å². The van der Waals surface area contributed by atoms with Crippen LogP contribution in [0.4, 0.5) is 0 Å². The highest BCUT2D eigenvalue weighted by molar-refractivity contribution is 9.10. The van der Waals surface area contributed by atoms with Gasteiger partial charge in [-0.25, -0.2) is 0 Å². The molecule has 144 valence electrons. The molecule has 0 spiro atoms. The molecule has 6 aromatic rings. The SMILES string of the molecule is Brc1ccc(-c2c3c4[nH]c5ccccc5c4cc[n+]3cn2-c2cccc(Br)c2)cc1. The van der Waals surface area contributed by atoms with Crippen LogP contribution in [0.5, 0.6) is 0 Å². The summed E-state index contributed by atoms with van der Waals surface area (Å²) in [6, 6.07) is 27.6. The van der Waals surface area contributed by atoms with E-state index in [1.807, 2.05) is 0 Å². The van der Waals surface area contributed by atoms with Crippen LogP contribution in [0.25, 0.3) is 44.3 Å². The molecule has 0 aliphatic rings. The second kappa shape index (κ2) is 6.83. The molecule has 3 aromatic carbocycles. The Balaban J connectivity index is 1.79. The van der Waals surface area contributed by atoms with E-state index in [0.717, 1.165) is 42.4 Å². The van der Waals surface area contributed by atoms with E-state index in [1.165, 1.54) is 10.8 Å². The van der Waals surface area contributed by atoms with Crippen molar-refractivity contribution in [2.75, 3.05) is 0 Å². The summed E-state index contributed by atoms with van der Waals surface area (Å²) in [7, 11) is 0. The number of para-hydroxylation sites is 1. The van der Waals surface area contributed by atoms with E-state index in [2.05, 4.69) is 137 Å². The monoisotopic (exact) mass is 516 g/mol. The van der Waals surface area contributed by atoms with Gasteiger partial charge >= 0.3 is 0 Å². The van der Waals surface area contributed by atoms with Crippen LogP contribution in [-0.4, -0.2) is 9.55 Å². The molecule has 0 saturated carbocycles. The fourth-order valence-electron chi connectivity index (χ4n) is 4.22. The smallest absolute Gasteiger partial charge is 0.254 e. The predicted octanol–water partition coefficient (Wildman–Crippen LogP) is 7.04. The quantitative estimate of drug-likeness (QED) is 0.238. The van der Waals surface area contributed by atoms with Crippen molar-refractivity contribution < 1.29 is 4.40 Å². The van der Waals surface area contributed by atoms with Gasteiger partial charge in [-0.15, -0.1) is 0 Å². The van der Waals surface area contributed by atoms with Crippen LogP contribution in [0.3, 0.4) is 0 Å². The first-order chi connectivity index (χ1) is 14.7. The van der Waals surface area contributed by atoms with Gasteiger partial charge in [-0.3, -0.25) is 0 Å². The molecule has 0 bridgehead atoms. The van der Waals surface area contributed by atoms with Gasteiger partial charge in [0, 0.05) is 30.8 Å². The Morgan fingerprint density at radius 3 is 2.43 bits per heavy atom. The number of imidazole rings is 1. The van der Waals surface area contributed by atoms with Crippen molar-refractivity contribution in [2.24, 2.45) is 0 Å². The number of fused-ring (bicyclic) bond motifs is 5. The minimum Gasteiger partial charge on any atom is -0.351 e. The Labute approximate surface area is 189 Å². The van der Waals surface area contributed by atoms with Crippen LogP contribution < -0.4 is 4.40 Å². The van der Waals surface area contributed by atoms with Crippen molar-refractivity contribution in [1.82, 2.24) is 9.55 Å². The molecule has 0 unspecified atom stereocenters. The zero-order valence-electron chi connectivity index (χ0n) is 15.8. The first kappa shape index (κ1) is 17.9. The molecular formula is C25H16Br2N3+. The van der Waals surface area contributed by atoms with Gasteiger partial charge in [-0.05, 0) is 54.6 Å². The number of hydrogen-bond donors (Lipinski definition) is 1. The summed E-state index contributed by atoms with van der Waals surface area (Å²) in [6.45, 7) is 0. The fraction of sp³-hybridized carbons (Fsp3) is 0. The summed E-state index contributed by atoms with van der Waals surface area (Å²) in [5, 5.41) is 2.47. The number of halogens is 2. The lowest BCUT2D eigenvalue weighted by molar-refractivity contribution is -0.510. The average Bonchev–Trinajstić information content (AvgIpc) is 3.33. The lowest BCUT2D eigenvalue weighted by Gasteiger charge is -2.04. The molecule has 3 nitrogen and oxygen atoms in total. The molecule has 6 rings (SSSR count). The normalized spacial score (nSPS) is 11.7. The number of hydrogen-bond acceptors (Lipinski definition) is 0. The van der Waals surface area contributed by atoms with E-state index in [1.54, 1.807) is 0 Å². The number of aromatic amines is 1. The molecule has 0 fully saturated rings. The molecule has 5 heteroatoms. The minimum absolute atomic E-state index is 1.06. The molecule has 0 aliphatic carbocycles. The van der Waals surface area contributed by atoms with Crippen LogP contribution in [0.15, 0.2) is 100 Å². The Kier molecular flexibility index (Phi) is 4.08. The minimum atomic E-state index is 1.06. The van der Waals surface area contributed by atoms with Crippen LogP contribution >= 0.6 is 31.9 Å². The van der Waals surface area contributed by atoms with Crippen molar-refractivity contribution in [3.8, 4) is 16.9 Å². The van der Waals surface area contributed by atoms with Crippen LogP contribution in [-0.2, 0) is 0 Å². The Bertz CT molecular complexity index is 1560. The van der Waals surface area contributed by atoms with Gasteiger partial charge in [0.25, 0.3) is 6.33 Å². The summed E-state index contributed by atoms with van der Waals surface area (Å²) < 4.78 is 6.59. The highest BCUT2D eigenvalue weighted by Gasteiger charge is 2.25. The number of benzene rings is 3. The van der Waals surface area contributed by atoms with Gasteiger partial charge in [0.2, 0.25) is 5.52 Å². The van der Waals surface area contributed by atoms with E-state index < -0.39 is 0 Å². The molecule has 0 radical (unpaired) electrons. The molecular weight excluding hydrogens is 502 g/mol. The standard InChI is InChI=1S/C25H16Br2N3/c26-17-10-8-16(9-11-17)24-25-23-21(20-6-1-2-7-22(20)28-23)12-13-29(25)15-30(24)19-5-3-4-18(27)14-19/h1-15,28H/q+1. The van der Waals surface area contributed by atoms with Gasteiger partial charge in [-0.2, -0.15) is 8.97 Å². The maximum atomic E-state index is 3.67. The molecule has 0 amide bonds. The average molecular weight is 518 g/mol. The maximum Gasteiger partial charge on any atom is 0.254 e. The zero-order valence-corrected chi connectivity index (χ0v) is 19.0. The van der Waals surface area contributed by atoms with Crippen molar-refractivity contribution in [3.05, 3.63) is 100 Å². The fourth-order valence-corrected chi connectivity index (χ4v) is 4.87. The van der Waals surface area contributed by atoms with Crippen molar-refractivity contribution in [3.63, 3.8) is 0 Å². The number of H-pyrrole nitrogens is 1. The Hall–Kier alpha value is -2.89. The highest BCUT2D eigenvalue weighted by atomic mass is 79.9. The second-order valence-corrected chi connectivity index (χ2v) is 9.18. The number of nitrogens with zero attached hydrogens (tertiary/aromatic N) is 2. The molecule has 30 heavy (non-hydrogen) atoms. The summed E-state index contributed by atoms with van der Waals surface area (Å²) in [6.07, 6.45) is 4.30. The Morgan fingerprint density at radius 1 is 0.767 bits per heavy atom. The number of nitrogens with one attached hydrogen (secondary N) is 1. The topological polar surface area (TPSA) is 24.8 Å². The first-order valence-corrected chi connectivity index (χ1v) is 11.3. The molecule has 0 atom stereocenters. The van der Waals surface area contributed by atoms with Crippen molar-refractivity contribution in [2.45, 2.75) is 0 Å². The molecule has 0 saturated heterocycles. The third-order valence-corrected chi connectivity index (χ3v) is 6.57. The van der Waals surface area contributed by atoms with Gasteiger partial charge in [0.15, 0.2) is 5.69 Å². The third-order valence-electron chi connectivity index (χ3n) is 5.55. The van der Waals surface area contributed by atoms with E-state index in [4.69, 9.17) is 0 Å². The first-order valence-electron chi connectivity index (χ1n) is 9.67. The summed E-state index contributed by atoms with van der Waals surface area (Å²) in [4.78, 5) is 3.67. The molecule has 3 heterocycles. The van der Waals surface area contributed by atoms with Crippen LogP contribution in [0.1, 0.15) is 0 Å². The zero-order chi connectivity index (χ0) is 20.2. The summed E-state index contributed by atoms with van der Waals surface area (Å²) in [5.41, 5.74) is 6.87. The van der Waals surface area contributed by atoms with Gasteiger partial charge in [-0.1, -0.05) is 56.1 Å². The summed E-state index contributed by atoms with van der Waals surface area (Å²) in [5.74, 6) is 0. The lowest BCUT2D eigenvalue weighted by Crippen LogP contribution is -2.17. The van der Waals surface area contributed by atoms with Crippen molar-refractivity contribution >= 4 is 59.2 Å². The second-order valence-electron chi connectivity index (χ2n) is 7.35.